The SMILES string of the molecule is C=C(C)c1cc(C(=O)N2Cc3ccc(Cl)cc3C2)c(OCc2ccccc2)cc1OCc1ccccc1. The van der Waals surface area contributed by atoms with E-state index in [9.17, 15) is 4.79 Å². The van der Waals surface area contributed by atoms with Gasteiger partial charge in [0.2, 0.25) is 0 Å². The van der Waals surface area contributed by atoms with Gasteiger partial charge in [-0.15, -0.1) is 0 Å². The number of nitrogens with zero attached hydrogens (tertiary/aromatic N) is 1. The second kappa shape index (κ2) is 10.9. The first-order valence-corrected chi connectivity index (χ1v) is 12.6. The molecule has 0 fully saturated rings. The lowest BCUT2D eigenvalue weighted by molar-refractivity contribution is 0.0746. The zero-order valence-electron chi connectivity index (χ0n) is 20.7. The van der Waals surface area contributed by atoms with Crippen LogP contribution in [0, 0.1) is 0 Å². The molecule has 1 aliphatic rings. The largest absolute Gasteiger partial charge is 0.488 e. The van der Waals surface area contributed by atoms with Crippen LogP contribution < -0.4 is 9.47 Å². The quantitative estimate of drug-likeness (QED) is 0.244. The van der Waals surface area contributed by atoms with E-state index in [4.69, 9.17) is 21.1 Å². The van der Waals surface area contributed by atoms with Crippen molar-refractivity contribution < 1.29 is 14.3 Å². The smallest absolute Gasteiger partial charge is 0.258 e. The molecular weight excluding hydrogens is 482 g/mol. The molecule has 4 nitrogen and oxygen atoms in total. The molecule has 1 heterocycles. The first-order chi connectivity index (χ1) is 18.0. The standard InChI is InChI=1S/C32H28ClNO3/c1-22(2)28-16-29(32(35)34-18-25-13-14-27(33)15-26(25)19-34)31(37-21-24-11-7-4-8-12-24)17-30(28)36-20-23-9-5-3-6-10-23/h3-17H,1,18-21H2,2H3. The van der Waals surface area contributed by atoms with E-state index in [2.05, 4.69) is 6.58 Å². The Hall–Kier alpha value is -4.02. The summed E-state index contributed by atoms with van der Waals surface area (Å²) in [6, 6.07) is 29.3. The summed E-state index contributed by atoms with van der Waals surface area (Å²) in [5.41, 5.74) is 6.31. The minimum atomic E-state index is -0.104. The highest BCUT2D eigenvalue weighted by Gasteiger charge is 2.28. The molecule has 0 radical (unpaired) electrons. The predicted octanol–water partition coefficient (Wildman–Crippen LogP) is 7.69. The van der Waals surface area contributed by atoms with Gasteiger partial charge in [0, 0.05) is 29.7 Å². The maximum Gasteiger partial charge on any atom is 0.258 e. The number of benzene rings is 4. The van der Waals surface area contributed by atoms with Gasteiger partial charge in [-0.25, -0.2) is 0 Å². The van der Waals surface area contributed by atoms with Gasteiger partial charge in [-0.1, -0.05) is 84.9 Å². The van der Waals surface area contributed by atoms with Crippen LogP contribution in [0.4, 0.5) is 0 Å². The fourth-order valence-corrected chi connectivity index (χ4v) is 4.64. The third-order valence-electron chi connectivity index (χ3n) is 6.42. The van der Waals surface area contributed by atoms with Gasteiger partial charge in [0.05, 0.1) is 5.56 Å². The molecule has 0 unspecified atom stereocenters. The Bertz CT molecular complexity index is 1430. The van der Waals surface area contributed by atoms with Crippen LogP contribution in [0.25, 0.3) is 5.57 Å². The minimum absolute atomic E-state index is 0.104. The van der Waals surface area contributed by atoms with Crippen molar-refractivity contribution in [2.24, 2.45) is 0 Å². The zero-order chi connectivity index (χ0) is 25.8. The molecule has 5 rings (SSSR count). The molecule has 4 aromatic rings. The van der Waals surface area contributed by atoms with Crippen LogP contribution in [0.2, 0.25) is 5.02 Å². The number of ether oxygens (including phenoxy) is 2. The molecule has 1 amide bonds. The molecule has 37 heavy (non-hydrogen) atoms. The molecule has 0 bridgehead atoms. The van der Waals surface area contributed by atoms with Crippen LogP contribution >= 0.6 is 11.6 Å². The summed E-state index contributed by atoms with van der Waals surface area (Å²) >= 11 is 6.19. The Kier molecular flexibility index (Phi) is 7.29. The topological polar surface area (TPSA) is 38.8 Å². The minimum Gasteiger partial charge on any atom is -0.488 e. The molecule has 0 saturated carbocycles. The summed E-state index contributed by atoms with van der Waals surface area (Å²) in [5, 5.41) is 0.671. The summed E-state index contributed by atoms with van der Waals surface area (Å²) in [5.74, 6) is 1.01. The Morgan fingerprint density at radius 1 is 0.784 bits per heavy atom. The number of amides is 1. The molecule has 0 atom stereocenters. The van der Waals surface area contributed by atoms with Crippen molar-refractivity contribution in [1.82, 2.24) is 4.90 Å². The van der Waals surface area contributed by atoms with Gasteiger partial charge >= 0.3 is 0 Å². The van der Waals surface area contributed by atoms with Crippen LogP contribution in [0.15, 0.2) is 97.6 Å². The Labute approximate surface area is 222 Å². The number of fused-ring (bicyclic) bond motifs is 1. The molecule has 0 aliphatic carbocycles. The lowest BCUT2D eigenvalue weighted by Crippen LogP contribution is -2.26. The Morgan fingerprint density at radius 2 is 1.35 bits per heavy atom. The van der Waals surface area contributed by atoms with Gasteiger partial charge in [0.15, 0.2) is 0 Å². The van der Waals surface area contributed by atoms with Crippen molar-refractivity contribution in [3.05, 3.63) is 136 Å². The maximum atomic E-state index is 13.8. The van der Waals surface area contributed by atoms with Gasteiger partial charge in [0.25, 0.3) is 5.91 Å². The molecule has 0 N–H and O–H groups in total. The number of halogens is 1. The van der Waals surface area contributed by atoms with Crippen molar-refractivity contribution >= 4 is 23.1 Å². The van der Waals surface area contributed by atoms with E-state index >= 15 is 0 Å². The van der Waals surface area contributed by atoms with Gasteiger partial charge in [0.1, 0.15) is 24.7 Å². The molecular formula is C32H28ClNO3. The van der Waals surface area contributed by atoms with Crippen LogP contribution in [-0.2, 0) is 26.3 Å². The zero-order valence-corrected chi connectivity index (χ0v) is 21.5. The lowest BCUT2D eigenvalue weighted by atomic mass is 10.0. The number of carbonyl (C=O) groups is 1. The van der Waals surface area contributed by atoms with Crippen molar-refractivity contribution in [3.63, 3.8) is 0 Å². The highest BCUT2D eigenvalue weighted by Crippen LogP contribution is 2.36. The fourth-order valence-electron chi connectivity index (χ4n) is 4.45. The second-order valence-corrected chi connectivity index (χ2v) is 9.68. The van der Waals surface area contributed by atoms with E-state index in [1.54, 1.807) is 0 Å². The van der Waals surface area contributed by atoms with Gasteiger partial charge in [-0.2, -0.15) is 0 Å². The summed E-state index contributed by atoms with van der Waals surface area (Å²) in [6.45, 7) is 7.82. The van der Waals surface area contributed by atoms with E-state index < -0.39 is 0 Å². The van der Waals surface area contributed by atoms with Gasteiger partial charge < -0.3 is 14.4 Å². The van der Waals surface area contributed by atoms with Crippen LogP contribution in [0.3, 0.4) is 0 Å². The van der Waals surface area contributed by atoms with Gasteiger partial charge in [-0.3, -0.25) is 4.79 Å². The van der Waals surface area contributed by atoms with E-state index in [1.807, 2.05) is 103 Å². The third kappa shape index (κ3) is 5.71. The van der Waals surface area contributed by atoms with Crippen LogP contribution in [0.1, 0.15) is 45.1 Å². The third-order valence-corrected chi connectivity index (χ3v) is 6.66. The first-order valence-electron chi connectivity index (χ1n) is 12.2. The number of allylic oxidation sites excluding steroid dienone is 1. The summed E-state index contributed by atoms with van der Waals surface area (Å²) < 4.78 is 12.5. The summed E-state index contributed by atoms with van der Waals surface area (Å²) in [6.07, 6.45) is 0. The van der Waals surface area contributed by atoms with Crippen LogP contribution in [-0.4, -0.2) is 10.8 Å². The molecule has 1 aliphatic heterocycles. The van der Waals surface area contributed by atoms with E-state index in [-0.39, 0.29) is 5.91 Å². The maximum absolute atomic E-state index is 13.8. The van der Waals surface area contributed by atoms with Crippen molar-refractivity contribution in [2.45, 2.75) is 33.2 Å². The molecule has 4 aromatic carbocycles. The Balaban J connectivity index is 1.48. The van der Waals surface area contributed by atoms with Crippen molar-refractivity contribution in [3.8, 4) is 11.5 Å². The number of hydrogen-bond donors (Lipinski definition) is 0. The second-order valence-electron chi connectivity index (χ2n) is 9.25. The molecule has 186 valence electrons. The number of rotatable bonds is 8. The van der Waals surface area contributed by atoms with E-state index in [0.29, 0.717) is 48.4 Å². The van der Waals surface area contributed by atoms with E-state index in [0.717, 1.165) is 33.4 Å². The van der Waals surface area contributed by atoms with Crippen molar-refractivity contribution in [1.29, 1.82) is 0 Å². The van der Waals surface area contributed by atoms with Crippen molar-refractivity contribution in [2.75, 3.05) is 0 Å². The average molecular weight is 510 g/mol. The lowest BCUT2D eigenvalue weighted by Gasteiger charge is -2.21. The Morgan fingerprint density at radius 3 is 1.95 bits per heavy atom. The monoisotopic (exact) mass is 509 g/mol. The predicted molar refractivity (Wildman–Crippen MR) is 148 cm³/mol. The summed E-state index contributed by atoms with van der Waals surface area (Å²) in [7, 11) is 0. The van der Waals surface area contributed by atoms with Crippen LogP contribution in [0.5, 0.6) is 11.5 Å². The van der Waals surface area contributed by atoms with Gasteiger partial charge in [-0.05, 0) is 52.9 Å². The number of carbonyl (C=O) groups excluding carboxylic acids is 1. The molecule has 5 heteroatoms. The first kappa shape index (κ1) is 24.7. The average Bonchev–Trinajstić information content (AvgIpc) is 3.34. The fraction of sp³-hybridized carbons (Fsp3) is 0.156. The van der Waals surface area contributed by atoms with E-state index in [1.165, 1.54) is 0 Å². The normalized spacial score (nSPS) is 12.2. The molecule has 0 saturated heterocycles. The summed E-state index contributed by atoms with van der Waals surface area (Å²) in [4.78, 5) is 15.7. The number of hydrogen-bond acceptors (Lipinski definition) is 3. The molecule has 0 aromatic heterocycles. The highest BCUT2D eigenvalue weighted by molar-refractivity contribution is 6.30. The molecule has 0 spiro atoms. The highest BCUT2D eigenvalue weighted by atomic mass is 35.5.